The van der Waals surface area contributed by atoms with Crippen LogP contribution in [-0.4, -0.2) is 64.5 Å². The molecule has 1 unspecified atom stereocenters. The third kappa shape index (κ3) is 6.97. The highest BCUT2D eigenvalue weighted by molar-refractivity contribution is 5.80. The van der Waals surface area contributed by atoms with Crippen LogP contribution in [0.5, 0.6) is 0 Å². The van der Waals surface area contributed by atoms with E-state index in [0.29, 0.717) is 18.6 Å². The Labute approximate surface area is 136 Å². The summed E-state index contributed by atoms with van der Waals surface area (Å²) in [6.45, 7) is 9.93. The normalized spacial score (nSPS) is 22.9. The molecule has 0 saturated carbocycles. The predicted octanol–water partition coefficient (Wildman–Crippen LogP) is 2.52. The lowest BCUT2D eigenvalue weighted by Gasteiger charge is -2.42. The van der Waals surface area contributed by atoms with Crippen LogP contribution in [0.4, 0.5) is 0 Å². The Morgan fingerprint density at radius 2 is 2.14 bits per heavy atom. The Balaban J connectivity index is 2.29. The van der Waals surface area contributed by atoms with Crippen LogP contribution in [0, 0.1) is 5.41 Å². The third-order valence-corrected chi connectivity index (χ3v) is 4.33. The zero-order chi connectivity index (χ0) is 16.3. The molecule has 0 aromatic rings. The van der Waals surface area contributed by atoms with Crippen molar-refractivity contribution in [1.82, 2.24) is 10.2 Å². The first-order valence-electron chi connectivity index (χ1n) is 8.67. The summed E-state index contributed by atoms with van der Waals surface area (Å²) >= 11 is 0. The summed E-state index contributed by atoms with van der Waals surface area (Å²) in [4.78, 5) is 6.88. The number of likely N-dealkylation sites (tertiary alicyclic amines) is 1. The number of aliphatic imine (C=N–C) groups is 1. The van der Waals surface area contributed by atoms with E-state index in [2.05, 4.69) is 29.1 Å². The Morgan fingerprint density at radius 1 is 1.32 bits per heavy atom. The molecule has 22 heavy (non-hydrogen) atoms. The Bertz CT molecular complexity index is 319. The first kappa shape index (κ1) is 19.2. The lowest BCUT2D eigenvalue weighted by atomic mass is 9.78. The van der Waals surface area contributed by atoms with E-state index in [1.165, 1.54) is 25.7 Å². The van der Waals surface area contributed by atoms with Crippen molar-refractivity contribution < 1.29 is 9.47 Å². The second-order valence-electron chi connectivity index (χ2n) is 6.52. The molecule has 5 nitrogen and oxygen atoms in total. The molecular formula is C17H35N3O2. The SMILES string of the molecule is CCCC1(C)CCCN(C(=NC)NCCCOCCOC)C1. The van der Waals surface area contributed by atoms with E-state index >= 15 is 0 Å². The van der Waals surface area contributed by atoms with E-state index in [0.717, 1.165) is 38.6 Å². The second-order valence-corrected chi connectivity index (χ2v) is 6.52. The number of hydrogen-bond donors (Lipinski definition) is 1. The van der Waals surface area contributed by atoms with Gasteiger partial charge in [-0.25, -0.2) is 0 Å². The Morgan fingerprint density at radius 3 is 2.82 bits per heavy atom. The van der Waals surface area contributed by atoms with Crippen molar-refractivity contribution in [3.8, 4) is 0 Å². The minimum atomic E-state index is 0.438. The van der Waals surface area contributed by atoms with Gasteiger partial charge in [-0.1, -0.05) is 20.3 Å². The number of hydrogen-bond acceptors (Lipinski definition) is 3. The summed E-state index contributed by atoms with van der Waals surface area (Å²) in [5, 5.41) is 3.47. The van der Waals surface area contributed by atoms with Crippen LogP contribution in [0.1, 0.15) is 46.0 Å². The van der Waals surface area contributed by atoms with Crippen molar-refractivity contribution >= 4 is 5.96 Å². The van der Waals surface area contributed by atoms with Crippen molar-refractivity contribution in [2.45, 2.75) is 46.0 Å². The topological polar surface area (TPSA) is 46.1 Å². The summed E-state index contributed by atoms with van der Waals surface area (Å²) in [6, 6.07) is 0. The standard InChI is InChI=1S/C17H35N3O2/c1-5-8-17(2)9-6-11-20(15-17)16(18-3)19-10-7-12-22-14-13-21-4/h5-15H2,1-4H3,(H,18,19). The van der Waals surface area contributed by atoms with Gasteiger partial charge in [0.05, 0.1) is 13.2 Å². The van der Waals surface area contributed by atoms with Gasteiger partial charge in [-0.2, -0.15) is 0 Å². The number of guanidine groups is 1. The van der Waals surface area contributed by atoms with Gasteiger partial charge in [-0.15, -0.1) is 0 Å². The molecule has 1 rings (SSSR count). The maximum absolute atomic E-state index is 5.48. The van der Waals surface area contributed by atoms with Crippen molar-refractivity contribution in [3.05, 3.63) is 0 Å². The summed E-state index contributed by atoms with van der Waals surface area (Å²) in [7, 11) is 3.57. The smallest absolute Gasteiger partial charge is 0.193 e. The molecule has 1 aliphatic rings. The highest BCUT2D eigenvalue weighted by Gasteiger charge is 2.31. The van der Waals surface area contributed by atoms with E-state index in [-0.39, 0.29) is 0 Å². The van der Waals surface area contributed by atoms with Crippen molar-refractivity contribution in [3.63, 3.8) is 0 Å². The van der Waals surface area contributed by atoms with Crippen LogP contribution in [0.15, 0.2) is 4.99 Å². The molecular weight excluding hydrogens is 278 g/mol. The molecule has 1 aliphatic heterocycles. The fourth-order valence-electron chi connectivity index (χ4n) is 3.26. The number of rotatable bonds is 9. The molecule has 130 valence electrons. The first-order chi connectivity index (χ1) is 10.6. The summed E-state index contributed by atoms with van der Waals surface area (Å²) in [5.41, 5.74) is 0.438. The van der Waals surface area contributed by atoms with Gasteiger partial charge in [-0.05, 0) is 31.1 Å². The number of piperidine rings is 1. The fourth-order valence-corrected chi connectivity index (χ4v) is 3.26. The van der Waals surface area contributed by atoms with Crippen molar-refractivity contribution in [1.29, 1.82) is 0 Å². The highest BCUT2D eigenvalue weighted by atomic mass is 16.5. The molecule has 1 heterocycles. The van der Waals surface area contributed by atoms with Gasteiger partial charge in [-0.3, -0.25) is 4.99 Å². The Kier molecular flexibility index (Phi) is 9.48. The maximum Gasteiger partial charge on any atom is 0.193 e. The minimum absolute atomic E-state index is 0.438. The molecule has 0 aliphatic carbocycles. The zero-order valence-electron chi connectivity index (χ0n) is 15.0. The molecule has 0 aromatic carbocycles. The van der Waals surface area contributed by atoms with E-state index in [1.807, 2.05) is 7.05 Å². The van der Waals surface area contributed by atoms with Gasteiger partial charge in [0, 0.05) is 40.4 Å². The molecule has 0 spiro atoms. The minimum Gasteiger partial charge on any atom is -0.382 e. The average molecular weight is 313 g/mol. The average Bonchev–Trinajstić information content (AvgIpc) is 2.50. The Hall–Kier alpha value is -0.810. The summed E-state index contributed by atoms with van der Waals surface area (Å²) in [5.74, 6) is 1.04. The molecule has 0 bridgehead atoms. The van der Waals surface area contributed by atoms with Crippen LogP contribution in [-0.2, 0) is 9.47 Å². The number of ether oxygens (including phenoxy) is 2. The summed E-state index contributed by atoms with van der Waals surface area (Å²) < 4.78 is 10.4. The zero-order valence-corrected chi connectivity index (χ0v) is 15.0. The van der Waals surface area contributed by atoms with Gasteiger partial charge in [0.15, 0.2) is 5.96 Å². The highest BCUT2D eigenvalue weighted by Crippen LogP contribution is 2.33. The van der Waals surface area contributed by atoms with Crippen LogP contribution in [0.3, 0.4) is 0 Å². The van der Waals surface area contributed by atoms with Crippen LogP contribution >= 0.6 is 0 Å². The van der Waals surface area contributed by atoms with Gasteiger partial charge in [0.25, 0.3) is 0 Å². The van der Waals surface area contributed by atoms with E-state index in [9.17, 15) is 0 Å². The van der Waals surface area contributed by atoms with E-state index in [4.69, 9.17) is 9.47 Å². The van der Waals surface area contributed by atoms with Gasteiger partial charge in [0.1, 0.15) is 0 Å². The van der Waals surface area contributed by atoms with E-state index in [1.54, 1.807) is 7.11 Å². The van der Waals surface area contributed by atoms with Crippen LogP contribution in [0.25, 0.3) is 0 Å². The first-order valence-corrected chi connectivity index (χ1v) is 8.67. The van der Waals surface area contributed by atoms with Crippen molar-refractivity contribution in [2.75, 3.05) is 53.6 Å². The van der Waals surface area contributed by atoms with Crippen LogP contribution < -0.4 is 5.32 Å². The lowest BCUT2D eigenvalue weighted by Crippen LogP contribution is -2.50. The van der Waals surface area contributed by atoms with E-state index < -0.39 is 0 Å². The molecule has 0 radical (unpaired) electrons. The third-order valence-electron chi connectivity index (χ3n) is 4.33. The predicted molar refractivity (Wildman–Crippen MR) is 92.5 cm³/mol. The monoisotopic (exact) mass is 313 g/mol. The number of nitrogens with one attached hydrogen (secondary N) is 1. The molecule has 1 saturated heterocycles. The fraction of sp³-hybridized carbons (Fsp3) is 0.941. The lowest BCUT2D eigenvalue weighted by molar-refractivity contribution is 0.0697. The number of nitrogens with zero attached hydrogens (tertiary/aromatic N) is 2. The molecule has 1 fully saturated rings. The maximum atomic E-state index is 5.48. The van der Waals surface area contributed by atoms with Crippen LogP contribution in [0.2, 0.25) is 0 Å². The molecule has 0 amide bonds. The largest absolute Gasteiger partial charge is 0.382 e. The molecule has 0 aromatic heterocycles. The number of methoxy groups -OCH3 is 1. The van der Waals surface area contributed by atoms with Crippen molar-refractivity contribution in [2.24, 2.45) is 10.4 Å². The molecule has 1 atom stereocenters. The summed E-state index contributed by atoms with van der Waals surface area (Å²) in [6.07, 6.45) is 6.14. The second kappa shape index (κ2) is 10.8. The van der Waals surface area contributed by atoms with Gasteiger partial charge in [0.2, 0.25) is 0 Å². The molecule has 1 N–H and O–H groups in total. The molecule has 5 heteroatoms. The quantitative estimate of drug-likeness (QED) is 0.404. The van der Waals surface area contributed by atoms with Gasteiger partial charge >= 0.3 is 0 Å². The van der Waals surface area contributed by atoms with Gasteiger partial charge < -0.3 is 19.7 Å².